The Hall–Kier alpha value is -2.98. The van der Waals surface area contributed by atoms with Crippen molar-refractivity contribution in [1.29, 1.82) is 0 Å². The minimum absolute atomic E-state index is 0.697. The van der Waals surface area contributed by atoms with Gasteiger partial charge in [0.1, 0.15) is 5.82 Å². The molecule has 0 aliphatic rings. The van der Waals surface area contributed by atoms with Crippen molar-refractivity contribution in [2.45, 2.75) is 13.0 Å². The Bertz CT molecular complexity index is 1100. The molecule has 4 aromatic rings. The van der Waals surface area contributed by atoms with Crippen molar-refractivity contribution in [2.75, 3.05) is 14.2 Å². The predicted octanol–water partition coefficient (Wildman–Crippen LogP) is 5.35. The molecule has 0 spiro atoms. The van der Waals surface area contributed by atoms with Gasteiger partial charge in [-0.3, -0.25) is 0 Å². The fraction of sp³-hybridized carbons (Fsp3) is 0.174. The average molecular weight is 393 g/mol. The van der Waals surface area contributed by atoms with Crippen molar-refractivity contribution in [3.05, 3.63) is 88.7 Å². The summed E-state index contributed by atoms with van der Waals surface area (Å²) in [6.07, 6.45) is 0.697. The maximum atomic E-state index is 6.04. The van der Waals surface area contributed by atoms with Gasteiger partial charge in [-0.15, -0.1) is 0 Å². The molecule has 0 saturated heterocycles. The zero-order valence-corrected chi connectivity index (χ0v) is 16.6. The number of imidazole rings is 1. The molecule has 4 rings (SSSR count). The van der Waals surface area contributed by atoms with Crippen LogP contribution in [0.2, 0.25) is 5.02 Å². The quantitative estimate of drug-likeness (QED) is 0.444. The van der Waals surface area contributed by atoms with Gasteiger partial charge in [-0.05, 0) is 47.5 Å². The maximum absolute atomic E-state index is 6.04. The molecular weight excluding hydrogens is 372 g/mol. The Balaban J connectivity index is 1.73. The molecule has 28 heavy (non-hydrogen) atoms. The summed E-state index contributed by atoms with van der Waals surface area (Å²) in [4.78, 5) is 4.88. The third-order valence-corrected chi connectivity index (χ3v) is 5.05. The van der Waals surface area contributed by atoms with E-state index in [1.807, 2.05) is 48.5 Å². The van der Waals surface area contributed by atoms with Crippen LogP contribution in [0.5, 0.6) is 11.5 Å². The predicted molar refractivity (Wildman–Crippen MR) is 113 cm³/mol. The molecular formula is C23H21ClN2O2. The number of methoxy groups -OCH3 is 2. The zero-order chi connectivity index (χ0) is 19.5. The summed E-state index contributed by atoms with van der Waals surface area (Å²) in [5.41, 5.74) is 4.41. The van der Waals surface area contributed by atoms with Crippen molar-refractivity contribution in [1.82, 2.24) is 9.55 Å². The lowest BCUT2D eigenvalue weighted by atomic mass is 10.1. The number of halogens is 1. The molecule has 0 fully saturated rings. The Labute approximate surface area is 169 Å². The van der Waals surface area contributed by atoms with Gasteiger partial charge in [0.25, 0.3) is 0 Å². The highest BCUT2D eigenvalue weighted by Gasteiger charge is 2.13. The van der Waals surface area contributed by atoms with E-state index in [0.29, 0.717) is 6.42 Å². The van der Waals surface area contributed by atoms with Gasteiger partial charge in [0.15, 0.2) is 11.5 Å². The largest absolute Gasteiger partial charge is 0.493 e. The molecule has 5 heteroatoms. The normalized spacial score (nSPS) is 11.0. The average Bonchev–Trinajstić information content (AvgIpc) is 3.06. The van der Waals surface area contributed by atoms with Crippen LogP contribution in [-0.2, 0) is 13.0 Å². The number of hydrogen-bond acceptors (Lipinski definition) is 3. The number of ether oxygens (including phenoxy) is 2. The molecule has 3 aromatic carbocycles. The Kier molecular flexibility index (Phi) is 5.22. The molecule has 0 radical (unpaired) electrons. The first-order valence-electron chi connectivity index (χ1n) is 9.07. The third kappa shape index (κ3) is 3.69. The highest BCUT2D eigenvalue weighted by molar-refractivity contribution is 6.30. The van der Waals surface area contributed by atoms with E-state index in [1.165, 1.54) is 5.56 Å². The molecule has 0 unspecified atom stereocenters. The lowest BCUT2D eigenvalue weighted by Gasteiger charge is -2.12. The molecule has 1 aromatic heterocycles. The fourth-order valence-corrected chi connectivity index (χ4v) is 3.51. The monoisotopic (exact) mass is 392 g/mol. The molecule has 0 aliphatic heterocycles. The highest BCUT2D eigenvalue weighted by Crippen LogP contribution is 2.29. The molecule has 0 saturated carbocycles. The fourth-order valence-electron chi connectivity index (χ4n) is 3.38. The SMILES string of the molecule is COc1ccc(Cc2nc3ccccc3n2Cc2ccc(Cl)cc2)cc1OC. The second-order valence-electron chi connectivity index (χ2n) is 6.60. The number of nitrogens with zero attached hydrogens (tertiary/aromatic N) is 2. The first-order chi connectivity index (χ1) is 13.7. The van der Waals surface area contributed by atoms with Gasteiger partial charge < -0.3 is 14.0 Å². The van der Waals surface area contributed by atoms with Gasteiger partial charge in [-0.2, -0.15) is 0 Å². The molecule has 0 bridgehead atoms. The second kappa shape index (κ2) is 7.95. The molecule has 0 atom stereocenters. The van der Waals surface area contributed by atoms with Crippen LogP contribution in [0, 0.1) is 0 Å². The van der Waals surface area contributed by atoms with Gasteiger partial charge in [0, 0.05) is 18.0 Å². The lowest BCUT2D eigenvalue weighted by molar-refractivity contribution is 0.354. The lowest BCUT2D eigenvalue weighted by Crippen LogP contribution is -2.06. The number of hydrogen-bond donors (Lipinski definition) is 0. The number of benzene rings is 3. The van der Waals surface area contributed by atoms with Crippen LogP contribution in [0.4, 0.5) is 0 Å². The number of fused-ring (bicyclic) bond motifs is 1. The number of aromatic nitrogens is 2. The topological polar surface area (TPSA) is 36.3 Å². The molecule has 0 N–H and O–H groups in total. The summed E-state index contributed by atoms with van der Waals surface area (Å²) in [6.45, 7) is 0.736. The van der Waals surface area contributed by atoms with Crippen LogP contribution in [0.3, 0.4) is 0 Å². The van der Waals surface area contributed by atoms with E-state index in [4.69, 9.17) is 26.1 Å². The van der Waals surface area contributed by atoms with E-state index in [0.717, 1.165) is 45.5 Å². The minimum atomic E-state index is 0.697. The van der Waals surface area contributed by atoms with E-state index in [-0.39, 0.29) is 0 Å². The van der Waals surface area contributed by atoms with Crippen LogP contribution in [-0.4, -0.2) is 23.8 Å². The summed E-state index contributed by atoms with van der Waals surface area (Å²) in [5, 5.41) is 0.741. The van der Waals surface area contributed by atoms with Crippen LogP contribution >= 0.6 is 11.6 Å². The van der Waals surface area contributed by atoms with E-state index < -0.39 is 0 Å². The smallest absolute Gasteiger partial charge is 0.161 e. The summed E-state index contributed by atoms with van der Waals surface area (Å²) < 4.78 is 13.1. The van der Waals surface area contributed by atoms with Gasteiger partial charge in [0.2, 0.25) is 0 Å². The van der Waals surface area contributed by atoms with E-state index in [1.54, 1.807) is 14.2 Å². The Morgan fingerprint density at radius 1 is 0.857 bits per heavy atom. The van der Waals surface area contributed by atoms with E-state index >= 15 is 0 Å². The van der Waals surface area contributed by atoms with Gasteiger partial charge in [-0.25, -0.2) is 4.98 Å². The Morgan fingerprint density at radius 2 is 1.57 bits per heavy atom. The molecule has 0 aliphatic carbocycles. The summed E-state index contributed by atoms with van der Waals surface area (Å²) >= 11 is 6.04. The van der Waals surface area contributed by atoms with Gasteiger partial charge >= 0.3 is 0 Å². The summed E-state index contributed by atoms with van der Waals surface area (Å²) in [7, 11) is 3.29. The van der Waals surface area contributed by atoms with Crippen LogP contribution in [0.15, 0.2) is 66.7 Å². The van der Waals surface area contributed by atoms with Crippen LogP contribution in [0.1, 0.15) is 17.0 Å². The second-order valence-corrected chi connectivity index (χ2v) is 7.03. The standard InChI is InChI=1S/C23H21ClN2O2/c1-27-21-12-9-17(13-22(21)28-2)14-23-25-19-5-3-4-6-20(19)26(23)15-16-7-10-18(24)11-8-16/h3-13H,14-15H2,1-2H3. The number of rotatable bonds is 6. The van der Waals surface area contributed by atoms with E-state index in [2.05, 4.69) is 22.8 Å². The van der Waals surface area contributed by atoms with Gasteiger partial charge in [-0.1, -0.05) is 41.9 Å². The van der Waals surface area contributed by atoms with Crippen molar-refractivity contribution in [3.63, 3.8) is 0 Å². The molecule has 142 valence electrons. The first kappa shape index (κ1) is 18.4. The van der Waals surface area contributed by atoms with Crippen molar-refractivity contribution < 1.29 is 9.47 Å². The summed E-state index contributed by atoms with van der Waals surface area (Å²) in [6, 6.07) is 22.1. The minimum Gasteiger partial charge on any atom is -0.493 e. The van der Waals surface area contributed by atoms with Crippen molar-refractivity contribution >= 4 is 22.6 Å². The van der Waals surface area contributed by atoms with Gasteiger partial charge in [0.05, 0.1) is 25.3 Å². The van der Waals surface area contributed by atoms with Crippen molar-refractivity contribution in [2.24, 2.45) is 0 Å². The third-order valence-electron chi connectivity index (χ3n) is 4.80. The zero-order valence-electron chi connectivity index (χ0n) is 15.9. The molecule has 4 nitrogen and oxygen atoms in total. The Morgan fingerprint density at radius 3 is 2.32 bits per heavy atom. The van der Waals surface area contributed by atoms with Crippen LogP contribution in [0.25, 0.3) is 11.0 Å². The first-order valence-corrected chi connectivity index (χ1v) is 9.45. The summed E-state index contributed by atoms with van der Waals surface area (Å²) in [5.74, 6) is 2.45. The van der Waals surface area contributed by atoms with Crippen molar-refractivity contribution in [3.8, 4) is 11.5 Å². The van der Waals surface area contributed by atoms with Crippen LogP contribution < -0.4 is 9.47 Å². The maximum Gasteiger partial charge on any atom is 0.161 e. The highest BCUT2D eigenvalue weighted by atomic mass is 35.5. The van der Waals surface area contributed by atoms with E-state index in [9.17, 15) is 0 Å². The number of para-hydroxylation sites is 2. The molecule has 0 amide bonds. The molecule has 1 heterocycles.